The van der Waals surface area contributed by atoms with Crippen LogP contribution in [-0.4, -0.2) is 50.5 Å². The van der Waals surface area contributed by atoms with Gasteiger partial charge in [-0.2, -0.15) is 0 Å². The van der Waals surface area contributed by atoms with Gasteiger partial charge < -0.3 is 10.2 Å². The van der Waals surface area contributed by atoms with E-state index >= 15 is 0 Å². The minimum Gasteiger partial charge on any atom is -0.354 e. The lowest BCUT2D eigenvalue weighted by Gasteiger charge is -2.33. The number of unbranched alkanes of at least 4 members (excludes halogenated alkanes) is 1. The Morgan fingerprint density at radius 1 is 1.09 bits per heavy atom. The first-order valence-corrected chi connectivity index (χ1v) is 13.7. The Kier molecular flexibility index (Phi) is 10.4. The number of nitrogens with one attached hydrogen (secondary N) is 1. The Morgan fingerprint density at radius 3 is 2.38 bits per heavy atom. The number of rotatable bonds is 12. The molecule has 7 nitrogen and oxygen atoms in total. The zero-order valence-corrected chi connectivity index (χ0v) is 21.8. The van der Waals surface area contributed by atoms with Gasteiger partial charge in [0.2, 0.25) is 21.8 Å². The predicted octanol–water partition coefficient (Wildman–Crippen LogP) is 4.14. The lowest BCUT2D eigenvalue weighted by molar-refractivity contribution is -0.140. The highest BCUT2D eigenvalue weighted by molar-refractivity contribution is 7.92. The second-order valence-electron chi connectivity index (χ2n) is 8.33. The molecule has 0 saturated carbocycles. The summed E-state index contributed by atoms with van der Waals surface area (Å²) in [6.45, 7) is 6.10. The molecule has 2 aromatic carbocycles. The molecule has 0 aliphatic carbocycles. The van der Waals surface area contributed by atoms with Crippen LogP contribution in [-0.2, 0) is 26.2 Å². The summed E-state index contributed by atoms with van der Waals surface area (Å²) in [6.07, 6.45) is 3.21. The quantitative estimate of drug-likeness (QED) is 0.437. The summed E-state index contributed by atoms with van der Waals surface area (Å²) in [4.78, 5) is 28.1. The molecule has 186 valence electrons. The minimum atomic E-state index is -3.79. The van der Waals surface area contributed by atoms with Gasteiger partial charge in [-0.3, -0.25) is 13.9 Å². The van der Waals surface area contributed by atoms with E-state index in [1.54, 1.807) is 18.2 Å². The largest absolute Gasteiger partial charge is 0.354 e. The van der Waals surface area contributed by atoms with Crippen LogP contribution in [0.1, 0.15) is 44.2 Å². The Bertz CT molecular complexity index is 1090. The van der Waals surface area contributed by atoms with Crippen LogP contribution in [0.2, 0.25) is 5.02 Å². The molecule has 0 saturated heterocycles. The van der Waals surface area contributed by atoms with Crippen molar-refractivity contribution in [2.24, 2.45) is 0 Å². The first kappa shape index (κ1) is 27.7. The van der Waals surface area contributed by atoms with Gasteiger partial charge in [-0.25, -0.2) is 8.42 Å². The molecule has 2 amide bonds. The van der Waals surface area contributed by atoms with Crippen molar-refractivity contribution in [3.05, 3.63) is 64.7 Å². The first-order valence-electron chi connectivity index (χ1n) is 11.4. The summed E-state index contributed by atoms with van der Waals surface area (Å²) in [7, 11) is -3.79. The maximum atomic E-state index is 13.6. The number of anilines is 1. The van der Waals surface area contributed by atoms with E-state index in [2.05, 4.69) is 5.32 Å². The van der Waals surface area contributed by atoms with Gasteiger partial charge in [0, 0.05) is 18.1 Å². The fraction of sp³-hybridized carbons (Fsp3) is 0.440. The second kappa shape index (κ2) is 12.8. The van der Waals surface area contributed by atoms with Crippen LogP contribution in [0.5, 0.6) is 0 Å². The second-order valence-corrected chi connectivity index (χ2v) is 10.7. The van der Waals surface area contributed by atoms with Crippen molar-refractivity contribution in [3.63, 3.8) is 0 Å². The van der Waals surface area contributed by atoms with Gasteiger partial charge in [-0.15, -0.1) is 0 Å². The lowest BCUT2D eigenvalue weighted by atomic mass is 10.1. The monoisotopic (exact) mass is 507 g/mol. The van der Waals surface area contributed by atoms with E-state index in [9.17, 15) is 18.0 Å². The Hall–Kier alpha value is -2.58. The normalized spacial score (nSPS) is 12.1. The smallest absolute Gasteiger partial charge is 0.244 e. The van der Waals surface area contributed by atoms with E-state index in [-0.39, 0.29) is 12.5 Å². The van der Waals surface area contributed by atoms with E-state index in [1.165, 1.54) is 11.0 Å². The molecule has 9 heteroatoms. The maximum absolute atomic E-state index is 13.6. The van der Waals surface area contributed by atoms with E-state index in [1.807, 2.05) is 45.0 Å². The summed E-state index contributed by atoms with van der Waals surface area (Å²) in [5.41, 5.74) is 2.18. The van der Waals surface area contributed by atoms with Crippen molar-refractivity contribution >= 4 is 39.1 Å². The Labute approximate surface area is 208 Å². The number of aryl methyl sites for hydroxylation is 1. The van der Waals surface area contributed by atoms with E-state index in [0.717, 1.165) is 34.5 Å². The van der Waals surface area contributed by atoms with Gasteiger partial charge in [0.1, 0.15) is 12.6 Å². The van der Waals surface area contributed by atoms with Crippen LogP contribution < -0.4 is 9.62 Å². The third-order valence-electron chi connectivity index (χ3n) is 5.43. The van der Waals surface area contributed by atoms with Crippen molar-refractivity contribution in [2.45, 2.75) is 52.6 Å². The molecule has 0 spiro atoms. The van der Waals surface area contributed by atoms with E-state index in [4.69, 9.17) is 11.6 Å². The third-order valence-corrected chi connectivity index (χ3v) is 6.80. The number of carbonyl (C=O) groups excluding carboxylic acids is 2. The molecule has 34 heavy (non-hydrogen) atoms. The fourth-order valence-corrected chi connectivity index (χ4v) is 4.70. The number of carbonyl (C=O) groups is 2. The molecule has 0 aromatic heterocycles. The number of benzene rings is 2. The van der Waals surface area contributed by atoms with Crippen molar-refractivity contribution < 1.29 is 18.0 Å². The summed E-state index contributed by atoms with van der Waals surface area (Å²) in [5.74, 6) is -0.713. The van der Waals surface area contributed by atoms with Gasteiger partial charge >= 0.3 is 0 Å². The predicted molar refractivity (Wildman–Crippen MR) is 137 cm³/mol. The van der Waals surface area contributed by atoms with Crippen LogP contribution in [0.15, 0.2) is 48.5 Å². The van der Waals surface area contributed by atoms with Crippen molar-refractivity contribution in [2.75, 3.05) is 23.7 Å². The zero-order chi connectivity index (χ0) is 25.3. The number of halogens is 1. The van der Waals surface area contributed by atoms with Crippen LogP contribution in [0, 0.1) is 6.92 Å². The Morgan fingerprint density at radius 2 is 1.79 bits per heavy atom. The number of amides is 2. The molecule has 2 rings (SSSR count). The van der Waals surface area contributed by atoms with Crippen LogP contribution in [0.3, 0.4) is 0 Å². The third kappa shape index (κ3) is 8.02. The van der Waals surface area contributed by atoms with Crippen LogP contribution in [0.4, 0.5) is 5.69 Å². The summed E-state index contributed by atoms with van der Waals surface area (Å²) in [6, 6.07) is 13.3. The van der Waals surface area contributed by atoms with Crippen molar-refractivity contribution in [3.8, 4) is 0 Å². The molecule has 1 N–H and O–H groups in total. The maximum Gasteiger partial charge on any atom is 0.244 e. The summed E-state index contributed by atoms with van der Waals surface area (Å²) in [5, 5.41) is 3.27. The molecule has 0 radical (unpaired) electrons. The molecule has 0 bridgehead atoms. The highest BCUT2D eigenvalue weighted by Gasteiger charge is 2.31. The lowest BCUT2D eigenvalue weighted by Crippen LogP contribution is -2.52. The molecule has 0 aliphatic heterocycles. The highest BCUT2D eigenvalue weighted by Crippen LogP contribution is 2.23. The number of hydrogen-bond donors (Lipinski definition) is 1. The molecular weight excluding hydrogens is 474 g/mol. The average Bonchev–Trinajstić information content (AvgIpc) is 2.76. The van der Waals surface area contributed by atoms with Crippen LogP contribution in [0.25, 0.3) is 0 Å². The average molecular weight is 508 g/mol. The summed E-state index contributed by atoms with van der Waals surface area (Å²) < 4.78 is 26.2. The SMILES string of the molecule is CCCCNC(=O)[C@H](CC)N(Cc1cccc(C)c1)C(=O)CN(c1cccc(Cl)c1)S(C)(=O)=O. The molecule has 0 fully saturated rings. The number of nitrogens with zero attached hydrogens (tertiary/aromatic N) is 2. The first-order chi connectivity index (χ1) is 16.1. The van der Waals surface area contributed by atoms with Gasteiger partial charge in [0.15, 0.2) is 0 Å². The Balaban J connectivity index is 2.40. The molecule has 0 unspecified atom stereocenters. The zero-order valence-electron chi connectivity index (χ0n) is 20.3. The molecule has 0 heterocycles. The summed E-state index contributed by atoms with van der Waals surface area (Å²) >= 11 is 6.07. The van der Waals surface area contributed by atoms with Gasteiger partial charge in [0.25, 0.3) is 0 Å². The standard InChI is InChI=1S/C25H34ClN3O4S/c1-5-7-14-27-25(31)23(6-2)28(17-20-11-8-10-19(3)15-20)24(30)18-29(34(4,32)33)22-13-9-12-21(26)16-22/h8-13,15-16,23H,5-7,14,17-18H2,1-4H3,(H,27,31)/t23-/m0/s1. The topological polar surface area (TPSA) is 86.8 Å². The van der Waals surface area contributed by atoms with Crippen LogP contribution >= 0.6 is 11.6 Å². The molecular formula is C25H34ClN3O4S. The number of hydrogen-bond acceptors (Lipinski definition) is 4. The molecule has 2 aromatic rings. The minimum absolute atomic E-state index is 0.188. The van der Waals surface area contributed by atoms with Gasteiger partial charge in [-0.1, -0.05) is 67.8 Å². The van der Waals surface area contributed by atoms with Gasteiger partial charge in [-0.05, 0) is 43.5 Å². The molecule has 0 aliphatic rings. The van der Waals surface area contributed by atoms with E-state index in [0.29, 0.717) is 23.7 Å². The fourth-order valence-electron chi connectivity index (χ4n) is 3.68. The van der Waals surface area contributed by atoms with Crippen molar-refractivity contribution in [1.29, 1.82) is 0 Å². The number of sulfonamides is 1. The van der Waals surface area contributed by atoms with Gasteiger partial charge in [0.05, 0.1) is 11.9 Å². The molecule has 1 atom stereocenters. The highest BCUT2D eigenvalue weighted by atomic mass is 35.5. The van der Waals surface area contributed by atoms with E-state index < -0.39 is 28.5 Å². The van der Waals surface area contributed by atoms with Crippen molar-refractivity contribution in [1.82, 2.24) is 10.2 Å².